The van der Waals surface area contributed by atoms with Crippen molar-refractivity contribution in [2.45, 2.75) is 26.3 Å². The van der Waals surface area contributed by atoms with Gasteiger partial charge in [0.2, 0.25) is 0 Å². The first kappa shape index (κ1) is 19.8. The van der Waals surface area contributed by atoms with Crippen LogP contribution in [0.3, 0.4) is 0 Å². The maximum absolute atomic E-state index is 6.01. The normalized spacial score (nSPS) is 12.0. The summed E-state index contributed by atoms with van der Waals surface area (Å²) in [6.45, 7) is 9.40. The van der Waals surface area contributed by atoms with Gasteiger partial charge in [-0.05, 0) is 49.7 Å². The highest BCUT2D eigenvalue weighted by Crippen LogP contribution is 2.36. The zero-order valence-electron chi connectivity index (χ0n) is 16.7. The summed E-state index contributed by atoms with van der Waals surface area (Å²) >= 11 is 0. The second-order valence-electron chi connectivity index (χ2n) is 6.56. The van der Waals surface area contributed by atoms with Gasteiger partial charge in [0.15, 0.2) is 0 Å². The van der Waals surface area contributed by atoms with Crippen molar-refractivity contribution < 1.29 is 9.47 Å². The van der Waals surface area contributed by atoms with Crippen molar-refractivity contribution in [3.05, 3.63) is 61.1 Å². The predicted molar refractivity (Wildman–Crippen MR) is 114 cm³/mol. The molecule has 28 heavy (non-hydrogen) atoms. The van der Waals surface area contributed by atoms with Gasteiger partial charge in [-0.15, -0.1) is 6.58 Å². The number of hydrogen-bond donors (Lipinski definition) is 1. The fourth-order valence-corrected chi connectivity index (χ4v) is 3.17. The molecule has 0 amide bonds. The van der Waals surface area contributed by atoms with Gasteiger partial charge in [0, 0.05) is 23.2 Å². The minimum absolute atomic E-state index is 0.153. The van der Waals surface area contributed by atoms with Crippen LogP contribution in [0, 0.1) is 0 Å². The van der Waals surface area contributed by atoms with Crippen LogP contribution in [0.4, 0.5) is 0 Å². The number of aromatic nitrogens is 2. The summed E-state index contributed by atoms with van der Waals surface area (Å²) in [4.78, 5) is 9.06. The molecule has 0 spiro atoms. The number of nitrogens with zero attached hydrogens (tertiary/aromatic N) is 2. The van der Waals surface area contributed by atoms with E-state index in [1.165, 1.54) is 0 Å². The quantitative estimate of drug-likeness (QED) is 0.423. The SMILES string of the molecule is C=CCCOc1cc(-c2cc(C(C)NCC)ncc2OC)cc2cccnc12. The Morgan fingerprint density at radius 1 is 1.21 bits per heavy atom. The third-order valence-corrected chi connectivity index (χ3v) is 4.62. The molecule has 0 aliphatic carbocycles. The van der Waals surface area contributed by atoms with Gasteiger partial charge in [-0.2, -0.15) is 0 Å². The van der Waals surface area contributed by atoms with Crippen molar-refractivity contribution in [3.63, 3.8) is 0 Å². The van der Waals surface area contributed by atoms with Gasteiger partial charge in [0.05, 0.1) is 25.6 Å². The molecule has 1 aromatic carbocycles. The molecule has 0 aliphatic heterocycles. The predicted octanol–water partition coefficient (Wildman–Crippen LogP) is 4.93. The maximum Gasteiger partial charge on any atom is 0.146 e. The van der Waals surface area contributed by atoms with Crippen LogP contribution in [0.15, 0.2) is 55.4 Å². The summed E-state index contributed by atoms with van der Waals surface area (Å²) in [5, 5.41) is 4.43. The highest BCUT2D eigenvalue weighted by atomic mass is 16.5. The van der Waals surface area contributed by atoms with Gasteiger partial charge < -0.3 is 14.8 Å². The van der Waals surface area contributed by atoms with E-state index >= 15 is 0 Å². The molecule has 0 saturated heterocycles. The van der Waals surface area contributed by atoms with E-state index < -0.39 is 0 Å². The maximum atomic E-state index is 6.01. The van der Waals surface area contributed by atoms with Crippen molar-refractivity contribution in [2.24, 2.45) is 0 Å². The van der Waals surface area contributed by atoms with Crippen LogP contribution in [-0.2, 0) is 0 Å². The second-order valence-corrected chi connectivity index (χ2v) is 6.56. The van der Waals surface area contributed by atoms with Crippen LogP contribution in [0.5, 0.6) is 11.5 Å². The van der Waals surface area contributed by atoms with Crippen LogP contribution in [0.25, 0.3) is 22.0 Å². The molecule has 0 bridgehead atoms. The number of pyridine rings is 2. The summed E-state index contributed by atoms with van der Waals surface area (Å²) in [6, 6.07) is 10.3. The Kier molecular flexibility index (Phi) is 6.61. The minimum atomic E-state index is 0.153. The molecule has 1 N–H and O–H groups in total. The zero-order valence-corrected chi connectivity index (χ0v) is 16.7. The number of nitrogens with one attached hydrogen (secondary N) is 1. The summed E-state index contributed by atoms with van der Waals surface area (Å²) in [5.41, 5.74) is 3.82. The third-order valence-electron chi connectivity index (χ3n) is 4.62. The van der Waals surface area contributed by atoms with Gasteiger partial charge in [-0.1, -0.05) is 19.1 Å². The molecule has 146 valence electrons. The lowest BCUT2D eigenvalue weighted by Crippen LogP contribution is -2.18. The van der Waals surface area contributed by atoms with E-state index in [9.17, 15) is 0 Å². The first-order valence-electron chi connectivity index (χ1n) is 9.58. The number of ether oxygens (including phenoxy) is 2. The van der Waals surface area contributed by atoms with Crippen LogP contribution in [-0.4, -0.2) is 30.2 Å². The van der Waals surface area contributed by atoms with Gasteiger partial charge >= 0.3 is 0 Å². The van der Waals surface area contributed by atoms with Crippen molar-refractivity contribution in [1.29, 1.82) is 0 Å². The Morgan fingerprint density at radius 3 is 2.82 bits per heavy atom. The molecule has 1 unspecified atom stereocenters. The second kappa shape index (κ2) is 9.33. The molecular formula is C23H27N3O2. The summed E-state index contributed by atoms with van der Waals surface area (Å²) < 4.78 is 11.6. The number of benzene rings is 1. The molecule has 2 heterocycles. The lowest BCUT2D eigenvalue weighted by molar-refractivity contribution is 0.328. The van der Waals surface area contributed by atoms with Crippen molar-refractivity contribution in [3.8, 4) is 22.6 Å². The lowest BCUT2D eigenvalue weighted by Gasteiger charge is -2.16. The first-order valence-corrected chi connectivity index (χ1v) is 9.58. The largest absolute Gasteiger partial charge is 0.494 e. The van der Waals surface area contributed by atoms with Crippen LogP contribution < -0.4 is 14.8 Å². The lowest BCUT2D eigenvalue weighted by atomic mass is 10.0. The standard InChI is InChI=1S/C23H27N3O2/c1-5-7-11-28-21-13-18(12-17-9-8-10-25-23(17)21)19-14-20(16(3)24-6-2)26-15-22(19)27-4/h5,8-10,12-16,24H,1,6-7,11H2,2-4H3. The van der Waals surface area contributed by atoms with Crippen molar-refractivity contribution in [2.75, 3.05) is 20.3 Å². The van der Waals surface area contributed by atoms with Gasteiger partial charge in [-0.3, -0.25) is 9.97 Å². The Balaban J connectivity index is 2.11. The molecule has 2 aromatic heterocycles. The number of fused-ring (bicyclic) bond motifs is 1. The Hall–Kier alpha value is -2.92. The molecular weight excluding hydrogens is 350 g/mol. The van der Waals surface area contributed by atoms with Crippen LogP contribution >= 0.6 is 0 Å². The molecule has 0 fully saturated rings. The van der Waals surface area contributed by atoms with E-state index in [0.717, 1.165) is 52.2 Å². The molecule has 0 saturated carbocycles. The van der Waals surface area contributed by atoms with E-state index in [-0.39, 0.29) is 6.04 Å². The highest BCUT2D eigenvalue weighted by Gasteiger charge is 2.15. The number of hydrogen-bond acceptors (Lipinski definition) is 5. The Morgan fingerprint density at radius 2 is 2.07 bits per heavy atom. The molecule has 3 rings (SSSR count). The smallest absolute Gasteiger partial charge is 0.146 e. The van der Waals surface area contributed by atoms with E-state index in [0.29, 0.717) is 6.61 Å². The highest BCUT2D eigenvalue weighted by molar-refractivity contribution is 5.90. The Bertz CT molecular complexity index is 956. The number of methoxy groups -OCH3 is 1. The molecule has 3 aromatic rings. The van der Waals surface area contributed by atoms with E-state index in [1.807, 2.05) is 24.3 Å². The van der Waals surface area contributed by atoms with Gasteiger partial charge in [-0.25, -0.2) is 0 Å². The first-order chi connectivity index (χ1) is 13.7. The topological polar surface area (TPSA) is 56.3 Å². The van der Waals surface area contributed by atoms with E-state index in [2.05, 4.69) is 47.8 Å². The molecule has 0 aliphatic rings. The number of rotatable bonds is 9. The summed E-state index contributed by atoms with van der Waals surface area (Å²) in [5.74, 6) is 1.49. The van der Waals surface area contributed by atoms with Gasteiger partial charge in [0.25, 0.3) is 0 Å². The van der Waals surface area contributed by atoms with Crippen LogP contribution in [0.1, 0.15) is 32.0 Å². The monoisotopic (exact) mass is 377 g/mol. The summed E-state index contributed by atoms with van der Waals surface area (Å²) in [6.07, 6.45) is 6.19. The fourth-order valence-electron chi connectivity index (χ4n) is 3.17. The Labute approximate surface area is 166 Å². The van der Waals surface area contributed by atoms with E-state index in [4.69, 9.17) is 9.47 Å². The zero-order chi connectivity index (χ0) is 19.9. The molecule has 0 radical (unpaired) electrons. The van der Waals surface area contributed by atoms with Gasteiger partial charge in [0.1, 0.15) is 17.0 Å². The molecule has 5 heteroatoms. The molecule has 5 nitrogen and oxygen atoms in total. The van der Waals surface area contributed by atoms with Crippen molar-refractivity contribution in [1.82, 2.24) is 15.3 Å². The molecule has 1 atom stereocenters. The fraction of sp³-hybridized carbons (Fsp3) is 0.304. The minimum Gasteiger partial charge on any atom is -0.494 e. The average Bonchev–Trinajstić information content (AvgIpc) is 2.73. The van der Waals surface area contributed by atoms with Crippen LogP contribution in [0.2, 0.25) is 0 Å². The van der Waals surface area contributed by atoms with Crippen molar-refractivity contribution >= 4 is 10.9 Å². The third kappa shape index (κ3) is 4.31. The average molecular weight is 377 g/mol. The van der Waals surface area contributed by atoms with E-state index in [1.54, 1.807) is 19.5 Å². The summed E-state index contributed by atoms with van der Waals surface area (Å²) in [7, 11) is 1.66.